The quantitative estimate of drug-likeness (QED) is 0.770. The number of hydrogen-bond acceptors (Lipinski definition) is 2. The fourth-order valence-corrected chi connectivity index (χ4v) is 1.17. The van der Waals surface area contributed by atoms with Crippen molar-refractivity contribution < 1.29 is 9.13 Å². The normalized spacial score (nSPS) is 10.1. The molecule has 72 valence electrons. The Morgan fingerprint density at radius 1 is 1.46 bits per heavy atom. The van der Waals surface area contributed by atoms with Crippen LogP contribution in [0.3, 0.4) is 0 Å². The van der Waals surface area contributed by atoms with Crippen molar-refractivity contribution in [2.75, 3.05) is 13.7 Å². The maximum atomic E-state index is 12.8. The van der Waals surface area contributed by atoms with Crippen molar-refractivity contribution in [2.24, 2.45) is 0 Å². The Kier molecular flexibility index (Phi) is 3.71. The van der Waals surface area contributed by atoms with Gasteiger partial charge in [0.25, 0.3) is 0 Å². The molecule has 0 aliphatic rings. The van der Waals surface area contributed by atoms with E-state index in [0.29, 0.717) is 13.2 Å². The fourth-order valence-electron chi connectivity index (χ4n) is 1.17. The summed E-state index contributed by atoms with van der Waals surface area (Å²) in [4.78, 5) is 0. The lowest BCUT2D eigenvalue weighted by atomic mass is 10.2. The van der Waals surface area contributed by atoms with E-state index in [0.717, 1.165) is 11.3 Å². The van der Waals surface area contributed by atoms with Crippen LogP contribution in [0, 0.1) is 5.82 Å². The molecule has 0 aliphatic heterocycles. The zero-order valence-corrected chi connectivity index (χ0v) is 7.93. The molecule has 13 heavy (non-hydrogen) atoms. The van der Waals surface area contributed by atoms with Gasteiger partial charge < -0.3 is 10.1 Å². The van der Waals surface area contributed by atoms with Gasteiger partial charge >= 0.3 is 0 Å². The topological polar surface area (TPSA) is 21.3 Å². The number of halogens is 1. The van der Waals surface area contributed by atoms with Gasteiger partial charge in [-0.1, -0.05) is 0 Å². The third-order valence-corrected chi connectivity index (χ3v) is 1.69. The Morgan fingerprint density at radius 3 is 2.85 bits per heavy atom. The van der Waals surface area contributed by atoms with E-state index in [1.54, 1.807) is 6.07 Å². The van der Waals surface area contributed by atoms with Crippen molar-refractivity contribution in [3.63, 3.8) is 0 Å². The van der Waals surface area contributed by atoms with Crippen LogP contribution >= 0.6 is 0 Å². The van der Waals surface area contributed by atoms with Crippen LogP contribution in [0.5, 0.6) is 5.75 Å². The lowest BCUT2D eigenvalue weighted by Crippen LogP contribution is -2.07. The van der Waals surface area contributed by atoms with Gasteiger partial charge in [0.1, 0.15) is 11.6 Å². The Hall–Kier alpha value is -1.09. The molecular formula is C10H14FNO. The summed E-state index contributed by atoms with van der Waals surface area (Å²) in [6, 6.07) is 4.55. The maximum Gasteiger partial charge on any atom is 0.123 e. The molecular weight excluding hydrogens is 169 g/mol. The van der Waals surface area contributed by atoms with Crippen molar-refractivity contribution in [3.05, 3.63) is 29.6 Å². The predicted octanol–water partition coefficient (Wildman–Crippen LogP) is 1.94. The molecule has 0 unspecified atom stereocenters. The van der Waals surface area contributed by atoms with Crippen LogP contribution in [0.2, 0.25) is 0 Å². The minimum absolute atomic E-state index is 0.228. The molecule has 0 saturated heterocycles. The highest BCUT2D eigenvalue weighted by molar-refractivity contribution is 5.33. The van der Waals surface area contributed by atoms with Gasteiger partial charge in [-0.15, -0.1) is 0 Å². The highest BCUT2D eigenvalue weighted by atomic mass is 19.1. The molecule has 0 aromatic heterocycles. The predicted molar refractivity (Wildman–Crippen MR) is 50.3 cm³/mol. The molecule has 2 nitrogen and oxygen atoms in total. The Labute approximate surface area is 77.7 Å². The minimum atomic E-state index is -0.228. The standard InChI is InChI=1S/C10H14FNO/c1-3-13-10-5-4-9(11)6-8(10)7-12-2/h4-6,12H,3,7H2,1-2H3. The number of benzene rings is 1. The molecule has 0 heterocycles. The van der Waals surface area contributed by atoms with E-state index in [1.807, 2.05) is 14.0 Å². The van der Waals surface area contributed by atoms with E-state index < -0.39 is 0 Å². The van der Waals surface area contributed by atoms with Gasteiger partial charge in [-0.3, -0.25) is 0 Å². The lowest BCUT2D eigenvalue weighted by molar-refractivity contribution is 0.335. The molecule has 0 saturated carbocycles. The second-order valence-corrected chi connectivity index (χ2v) is 2.72. The van der Waals surface area contributed by atoms with Crippen molar-refractivity contribution >= 4 is 0 Å². The highest BCUT2D eigenvalue weighted by Crippen LogP contribution is 2.19. The van der Waals surface area contributed by atoms with E-state index in [2.05, 4.69) is 5.32 Å². The van der Waals surface area contributed by atoms with Crippen LogP contribution in [0.4, 0.5) is 4.39 Å². The van der Waals surface area contributed by atoms with Gasteiger partial charge in [0, 0.05) is 12.1 Å². The summed E-state index contributed by atoms with van der Waals surface area (Å²) in [5, 5.41) is 2.96. The summed E-state index contributed by atoms with van der Waals surface area (Å²) in [5.41, 5.74) is 0.851. The maximum absolute atomic E-state index is 12.8. The lowest BCUT2D eigenvalue weighted by Gasteiger charge is -2.09. The number of nitrogens with one attached hydrogen (secondary N) is 1. The van der Waals surface area contributed by atoms with Gasteiger partial charge in [-0.25, -0.2) is 4.39 Å². The fraction of sp³-hybridized carbons (Fsp3) is 0.400. The van der Waals surface area contributed by atoms with Gasteiger partial charge in [0.2, 0.25) is 0 Å². The molecule has 0 aliphatic carbocycles. The van der Waals surface area contributed by atoms with Crippen molar-refractivity contribution in [1.82, 2.24) is 5.32 Å². The highest BCUT2D eigenvalue weighted by Gasteiger charge is 2.03. The zero-order valence-electron chi connectivity index (χ0n) is 7.93. The first kappa shape index (κ1) is 9.99. The molecule has 1 rings (SSSR count). The molecule has 1 aromatic carbocycles. The first-order valence-corrected chi connectivity index (χ1v) is 4.33. The van der Waals surface area contributed by atoms with Crippen molar-refractivity contribution in [2.45, 2.75) is 13.5 Å². The summed E-state index contributed by atoms with van der Waals surface area (Å²) < 4.78 is 18.2. The van der Waals surface area contributed by atoms with E-state index in [4.69, 9.17) is 4.74 Å². The van der Waals surface area contributed by atoms with E-state index in [1.165, 1.54) is 12.1 Å². The molecule has 0 atom stereocenters. The van der Waals surface area contributed by atoms with E-state index in [9.17, 15) is 4.39 Å². The van der Waals surface area contributed by atoms with E-state index >= 15 is 0 Å². The number of ether oxygens (including phenoxy) is 1. The summed E-state index contributed by atoms with van der Waals surface area (Å²) in [6.45, 7) is 3.13. The minimum Gasteiger partial charge on any atom is -0.494 e. The van der Waals surface area contributed by atoms with Gasteiger partial charge in [0.05, 0.1) is 6.61 Å². The third kappa shape index (κ3) is 2.70. The monoisotopic (exact) mass is 183 g/mol. The SMILES string of the molecule is CCOc1ccc(F)cc1CNC. The smallest absolute Gasteiger partial charge is 0.123 e. The first-order valence-electron chi connectivity index (χ1n) is 4.33. The summed E-state index contributed by atoms with van der Waals surface area (Å²) >= 11 is 0. The van der Waals surface area contributed by atoms with Crippen LogP contribution in [0.1, 0.15) is 12.5 Å². The number of rotatable bonds is 4. The van der Waals surface area contributed by atoms with Crippen LogP contribution < -0.4 is 10.1 Å². The largest absolute Gasteiger partial charge is 0.494 e. The van der Waals surface area contributed by atoms with E-state index in [-0.39, 0.29) is 5.82 Å². The molecule has 1 aromatic rings. The summed E-state index contributed by atoms with van der Waals surface area (Å²) in [6.07, 6.45) is 0. The summed E-state index contributed by atoms with van der Waals surface area (Å²) in [5.74, 6) is 0.520. The van der Waals surface area contributed by atoms with Crippen LogP contribution in [-0.2, 0) is 6.54 Å². The molecule has 0 bridgehead atoms. The number of hydrogen-bond donors (Lipinski definition) is 1. The second kappa shape index (κ2) is 4.82. The zero-order chi connectivity index (χ0) is 9.68. The van der Waals surface area contributed by atoms with Crippen LogP contribution in [0.25, 0.3) is 0 Å². The first-order chi connectivity index (χ1) is 6.27. The molecule has 0 radical (unpaired) electrons. The Morgan fingerprint density at radius 2 is 2.23 bits per heavy atom. The Balaban J connectivity index is 2.89. The molecule has 3 heteroatoms. The van der Waals surface area contributed by atoms with Crippen LogP contribution in [-0.4, -0.2) is 13.7 Å². The van der Waals surface area contributed by atoms with Gasteiger partial charge in [-0.2, -0.15) is 0 Å². The van der Waals surface area contributed by atoms with Gasteiger partial charge in [0.15, 0.2) is 0 Å². The van der Waals surface area contributed by atoms with Crippen LogP contribution in [0.15, 0.2) is 18.2 Å². The average Bonchev–Trinajstić information content (AvgIpc) is 2.10. The molecule has 0 spiro atoms. The molecule has 0 amide bonds. The third-order valence-electron chi connectivity index (χ3n) is 1.69. The van der Waals surface area contributed by atoms with Crippen molar-refractivity contribution in [3.8, 4) is 5.75 Å². The summed E-state index contributed by atoms with van der Waals surface area (Å²) in [7, 11) is 1.82. The van der Waals surface area contributed by atoms with Crippen molar-refractivity contribution in [1.29, 1.82) is 0 Å². The second-order valence-electron chi connectivity index (χ2n) is 2.72. The Bertz CT molecular complexity index is 276. The average molecular weight is 183 g/mol. The van der Waals surface area contributed by atoms with Gasteiger partial charge in [-0.05, 0) is 32.2 Å². The molecule has 1 N–H and O–H groups in total. The molecule has 0 fully saturated rings.